The summed E-state index contributed by atoms with van der Waals surface area (Å²) >= 11 is 1.94. The Morgan fingerprint density at radius 2 is 2.17 bits per heavy atom. The van der Waals surface area contributed by atoms with Gasteiger partial charge in [0.15, 0.2) is 0 Å². The van der Waals surface area contributed by atoms with E-state index in [1.807, 2.05) is 11.8 Å². The molecule has 2 rings (SSSR count). The molecule has 5 heteroatoms. The van der Waals surface area contributed by atoms with Gasteiger partial charge in [0.1, 0.15) is 5.75 Å². The molecule has 1 aliphatic heterocycles. The standard InChI is InChI=1S/C13H18N2O2S/c1-17-10-2-3-11(12(14)8-10)13(16)15-9-4-6-18-7-5-9/h2-3,8-9H,4-7,14H2,1H3,(H,15,16). The normalized spacial score (nSPS) is 16.3. The number of ether oxygens (including phenoxy) is 1. The van der Waals surface area contributed by atoms with E-state index in [2.05, 4.69) is 5.32 Å². The number of nitrogens with one attached hydrogen (secondary N) is 1. The van der Waals surface area contributed by atoms with Crippen molar-refractivity contribution in [3.63, 3.8) is 0 Å². The van der Waals surface area contributed by atoms with Gasteiger partial charge in [-0.3, -0.25) is 4.79 Å². The van der Waals surface area contributed by atoms with Crippen molar-refractivity contribution in [3.05, 3.63) is 23.8 Å². The van der Waals surface area contributed by atoms with E-state index in [1.54, 1.807) is 25.3 Å². The van der Waals surface area contributed by atoms with E-state index in [-0.39, 0.29) is 11.9 Å². The first kappa shape index (κ1) is 13.1. The van der Waals surface area contributed by atoms with Crippen molar-refractivity contribution in [2.24, 2.45) is 0 Å². The fourth-order valence-electron chi connectivity index (χ4n) is 1.98. The minimum atomic E-state index is -0.0907. The topological polar surface area (TPSA) is 64.3 Å². The zero-order valence-corrected chi connectivity index (χ0v) is 11.3. The lowest BCUT2D eigenvalue weighted by Gasteiger charge is -2.22. The lowest BCUT2D eigenvalue weighted by molar-refractivity contribution is 0.0936. The molecule has 1 saturated heterocycles. The molecule has 0 radical (unpaired) electrons. The minimum absolute atomic E-state index is 0.0907. The van der Waals surface area contributed by atoms with Gasteiger partial charge in [0.25, 0.3) is 5.91 Å². The number of nitrogen functional groups attached to an aromatic ring is 1. The highest BCUT2D eigenvalue weighted by molar-refractivity contribution is 7.99. The number of nitrogens with two attached hydrogens (primary N) is 1. The molecule has 0 aromatic heterocycles. The summed E-state index contributed by atoms with van der Waals surface area (Å²) in [5, 5.41) is 3.04. The third-order valence-electron chi connectivity index (χ3n) is 3.06. The first-order valence-electron chi connectivity index (χ1n) is 6.03. The van der Waals surface area contributed by atoms with Crippen LogP contribution >= 0.6 is 11.8 Å². The number of thioether (sulfide) groups is 1. The largest absolute Gasteiger partial charge is 0.497 e. The number of carbonyl (C=O) groups is 1. The van der Waals surface area contributed by atoms with Crippen LogP contribution in [0.1, 0.15) is 23.2 Å². The molecule has 18 heavy (non-hydrogen) atoms. The first-order chi connectivity index (χ1) is 8.70. The number of rotatable bonds is 3. The second-order valence-electron chi connectivity index (χ2n) is 4.31. The molecule has 0 bridgehead atoms. The summed E-state index contributed by atoms with van der Waals surface area (Å²) in [7, 11) is 1.58. The number of methoxy groups -OCH3 is 1. The van der Waals surface area contributed by atoms with Gasteiger partial charge in [-0.25, -0.2) is 0 Å². The fraction of sp³-hybridized carbons (Fsp3) is 0.462. The lowest BCUT2D eigenvalue weighted by atomic mass is 10.1. The summed E-state index contributed by atoms with van der Waals surface area (Å²) in [5.41, 5.74) is 6.84. The number of carbonyl (C=O) groups excluding carboxylic acids is 1. The van der Waals surface area contributed by atoms with Crippen molar-refractivity contribution in [2.45, 2.75) is 18.9 Å². The van der Waals surface area contributed by atoms with Gasteiger partial charge >= 0.3 is 0 Å². The van der Waals surface area contributed by atoms with Crippen molar-refractivity contribution >= 4 is 23.4 Å². The smallest absolute Gasteiger partial charge is 0.253 e. The monoisotopic (exact) mass is 266 g/mol. The molecule has 1 heterocycles. The maximum absolute atomic E-state index is 12.1. The number of anilines is 1. The Hall–Kier alpha value is -1.36. The Bertz CT molecular complexity index is 431. The van der Waals surface area contributed by atoms with Crippen LogP contribution < -0.4 is 15.8 Å². The zero-order valence-electron chi connectivity index (χ0n) is 10.4. The second-order valence-corrected chi connectivity index (χ2v) is 5.54. The zero-order chi connectivity index (χ0) is 13.0. The van der Waals surface area contributed by atoms with Crippen LogP contribution in [0.2, 0.25) is 0 Å². The summed E-state index contributed by atoms with van der Waals surface area (Å²) in [4.78, 5) is 12.1. The first-order valence-corrected chi connectivity index (χ1v) is 7.18. The van der Waals surface area contributed by atoms with Crippen LogP contribution in [-0.2, 0) is 0 Å². The van der Waals surface area contributed by atoms with Gasteiger partial charge in [-0.15, -0.1) is 0 Å². The van der Waals surface area contributed by atoms with Gasteiger partial charge in [0.05, 0.1) is 12.7 Å². The maximum Gasteiger partial charge on any atom is 0.253 e. The summed E-state index contributed by atoms with van der Waals surface area (Å²) in [6.45, 7) is 0. The average Bonchev–Trinajstić information content (AvgIpc) is 2.39. The van der Waals surface area contributed by atoms with E-state index < -0.39 is 0 Å². The second kappa shape index (κ2) is 6.00. The van der Waals surface area contributed by atoms with Crippen molar-refractivity contribution < 1.29 is 9.53 Å². The molecule has 3 N–H and O–H groups in total. The fourth-order valence-corrected chi connectivity index (χ4v) is 3.09. The van der Waals surface area contributed by atoms with Crippen LogP contribution in [0, 0.1) is 0 Å². The van der Waals surface area contributed by atoms with Crippen molar-refractivity contribution in [3.8, 4) is 5.75 Å². The van der Waals surface area contributed by atoms with Crippen molar-refractivity contribution in [2.75, 3.05) is 24.3 Å². The number of amides is 1. The van der Waals surface area contributed by atoms with Crippen molar-refractivity contribution in [1.29, 1.82) is 0 Å². The van der Waals surface area contributed by atoms with Crippen LogP contribution in [0.4, 0.5) is 5.69 Å². The van der Waals surface area contributed by atoms with E-state index in [0.717, 1.165) is 24.3 Å². The predicted octanol–water partition coefficient (Wildman–Crippen LogP) is 1.90. The Morgan fingerprint density at radius 1 is 1.44 bits per heavy atom. The highest BCUT2D eigenvalue weighted by Crippen LogP contribution is 2.21. The van der Waals surface area contributed by atoms with Gasteiger partial charge in [-0.1, -0.05) is 0 Å². The molecule has 1 aromatic carbocycles. The van der Waals surface area contributed by atoms with E-state index in [1.165, 1.54) is 0 Å². The van der Waals surface area contributed by atoms with Gasteiger partial charge < -0.3 is 15.8 Å². The van der Waals surface area contributed by atoms with E-state index in [4.69, 9.17) is 10.5 Å². The van der Waals surface area contributed by atoms with E-state index >= 15 is 0 Å². The lowest BCUT2D eigenvalue weighted by Crippen LogP contribution is -2.37. The van der Waals surface area contributed by atoms with Crippen LogP contribution in [-0.4, -0.2) is 30.6 Å². The van der Waals surface area contributed by atoms with Crippen LogP contribution in [0.25, 0.3) is 0 Å². The highest BCUT2D eigenvalue weighted by Gasteiger charge is 2.18. The van der Waals surface area contributed by atoms with Gasteiger partial charge in [-0.2, -0.15) is 11.8 Å². The van der Waals surface area contributed by atoms with Crippen molar-refractivity contribution in [1.82, 2.24) is 5.32 Å². The van der Waals surface area contributed by atoms with Crippen LogP contribution in [0.3, 0.4) is 0 Å². The molecule has 1 amide bonds. The molecule has 1 aliphatic rings. The Morgan fingerprint density at radius 3 is 2.78 bits per heavy atom. The molecule has 0 spiro atoms. The number of hydrogen-bond donors (Lipinski definition) is 2. The summed E-state index contributed by atoms with van der Waals surface area (Å²) in [6, 6.07) is 5.41. The Kier molecular flexibility index (Phi) is 4.36. The summed E-state index contributed by atoms with van der Waals surface area (Å²) < 4.78 is 5.07. The van der Waals surface area contributed by atoms with Gasteiger partial charge in [0, 0.05) is 17.8 Å². The molecule has 0 saturated carbocycles. The molecule has 4 nitrogen and oxygen atoms in total. The third-order valence-corrected chi connectivity index (χ3v) is 4.11. The summed E-state index contributed by atoms with van der Waals surface area (Å²) in [5.74, 6) is 2.80. The SMILES string of the molecule is COc1ccc(C(=O)NC2CCSCC2)c(N)c1. The molecular formula is C13H18N2O2S. The summed E-state index contributed by atoms with van der Waals surface area (Å²) in [6.07, 6.45) is 2.07. The molecule has 1 fully saturated rings. The molecular weight excluding hydrogens is 248 g/mol. The quantitative estimate of drug-likeness (QED) is 0.820. The number of hydrogen-bond acceptors (Lipinski definition) is 4. The molecule has 0 aliphatic carbocycles. The third kappa shape index (κ3) is 3.10. The maximum atomic E-state index is 12.1. The average molecular weight is 266 g/mol. The van der Waals surface area contributed by atoms with Crippen LogP contribution in [0.15, 0.2) is 18.2 Å². The minimum Gasteiger partial charge on any atom is -0.497 e. The molecule has 1 aromatic rings. The predicted molar refractivity (Wildman–Crippen MR) is 75.2 cm³/mol. The Labute approximate surface area is 111 Å². The Balaban J connectivity index is 2.03. The molecule has 0 unspecified atom stereocenters. The number of benzene rings is 1. The molecule has 98 valence electrons. The highest BCUT2D eigenvalue weighted by atomic mass is 32.2. The van der Waals surface area contributed by atoms with Gasteiger partial charge in [0.2, 0.25) is 0 Å². The van der Waals surface area contributed by atoms with Gasteiger partial charge in [-0.05, 0) is 36.5 Å². The van der Waals surface area contributed by atoms with E-state index in [9.17, 15) is 4.79 Å². The molecule has 0 atom stereocenters. The van der Waals surface area contributed by atoms with Crippen LogP contribution in [0.5, 0.6) is 5.75 Å². The van der Waals surface area contributed by atoms with E-state index in [0.29, 0.717) is 17.0 Å².